The molecule has 1 rings (SSSR count). The second-order valence-corrected chi connectivity index (χ2v) is 4.42. The Kier molecular flexibility index (Phi) is 3.10. The Labute approximate surface area is 83.4 Å². The molecule has 0 spiro atoms. The lowest BCUT2D eigenvalue weighted by Crippen LogP contribution is -2.33. The van der Waals surface area contributed by atoms with Gasteiger partial charge in [0, 0.05) is 14.1 Å². The normalized spacial score (nSPS) is 10.1. The molecule has 72 valence electrons. The summed E-state index contributed by atoms with van der Waals surface area (Å²) >= 11 is 2.32. The van der Waals surface area contributed by atoms with Gasteiger partial charge in [0.05, 0.1) is 0 Å². The Balaban J connectivity index is 3.08. The first-order valence-corrected chi connectivity index (χ1v) is 5.46. The zero-order valence-electron chi connectivity index (χ0n) is 7.47. The second kappa shape index (κ2) is 3.93. The van der Waals surface area contributed by atoms with E-state index >= 15 is 0 Å². The highest BCUT2D eigenvalue weighted by atomic mass is 32.2. The van der Waals surface area contributed by atoms with Crippen LogP contribution in [0.2, 0.25) is 0 Å². The Morgan fingerprint density at radius 3 is 2.62 bits per heavy atom. The first-order chi connectivity index (χ1) is 6.06. The maximum absolute atomic E-state index is 11.3. The van der Waals surface area contributed by atoms with Gasteiger partial charge in [-0.25, -0.2) is 4.79 Å². The third kappa shape index (κ3) is 2.10. The van der Waals surface area contributed by atoms with Crippen LogP contribution in [0.4, 0.5) is 4.79 Å². The highest BCUT2D eigenvalue weighted by molar-refractivity contribution is 8.00. The lowest BCUT2D eigenvalue weighted by Gasteiger charge is -2.07. The summed E-state index contributed by atoms with van der Waals surface area (Å²) in [6.07, 6.45) is 1.81. The van der Waals surface area contributed by atoms with Crippen LogP contribution in [-0.2, 0) is 0 Å². The number of nitrogens with zero attached hydrogens (tertiary/aromatic N) is 3. The number of aromatic nitrogens is 2. The van der Waals surface area contributed by atoms with Crippen molar-refractivity contribution in [2.45, 2.75) is 4.34 Å². The molecule has 1 aromatic rings. The van der Waals surface area contributed by atoms with E-state index in [1.54, 1.807) is 14.1 Å². The Morgan fingerprint density at radius 1 is 1.62 bits per heavy atom. The molecule has 13 heavy (non-hydrogen) atoms. The van der Waals surface area contributed by atoms with Gasteiger partial charge in [-0.05, 0) is 17.6 Å². The molecule has 1 aromatic heterocycles. The number of amides is 1. The fourth-order valence-electron chi connectivity index (χ4n) is 0.654. The van der Waals surface area contributed by atoms with E-state index in [0.29, 0.717) is 4.34 Å². The Morgan fingerprint density at radius 2 is 2.23 bits per heavy atom. The minimum Gasteiger partial charge on any atom is -0.329 e. The summed E-state index contributed by atoms with van der Waals surface area (Å²) in [6.45, 7) is 0. The number of thioether (sulfide) groups is 1. The number of hydrogen-bond donors (Lipinski definition) is 0. The van der Waals surface area contributed by atoms with Crippen LogP contribution in [-0.4, -0.2) is 41.1 Å². The van der Waals surface area contributed by atoms with Gasteiger partial charge in [-0.3, -0.25) is 4.79 Å². The van der Waals surface area contributed by atoms with Gasteiger partial charge in [-0.2, -0.15) is 0 Å². The molecule has 0 saturated heterocycles. The molecule has 0 unspecified atom stereocenters. The van der Waals surface area contributed by atoms with Gasteiger partial charge in [0.2, 0.25) is 0 Å². The van der Waals surface area contributed by atoms with Crippen molar-refractivity contribution in [1.29, 1.82) is 0 Å². The van der Waals surface area contributed by atoms with Gasteiger partial charge in [0.25, 0.3) is 0 Å². The molecule has 0 aliphatic heterocycles. The predicted octanol–water partition coefficient (Wildman–Crippen LogP) is 0.556. The molecular weight excluding hydrogens is 210 g/mol. The van der Waals surface area contributed by atoms with Gasteiger partial charge in [0.15, 0.2) is 4.34 Å². The van der Waals surface area contributed by atoms with Crippen molar-refractivity contribution in [1.82, 2.24) is 14.7 Å². The molecule has 0 aromatic carbocycles. The molecular formula is C6H9N3O2S2. The van der Waals surface area contributed by atoms with Gasteiger partial charge in [0.1, 0.15) is 0 Å². The van der Waals surface area contributed by atoms with E-state index in [1.807, 2.05) is 6.26 Å². The van der Waals surface area contributed by atoms with Crippen molar-refractivity contribution < 1.29 is 4.79 Å². The molecule has 0 saturated carbocycles. The fourth-order valence-corrected chi connectivity index (χ4v) is 1.84. The zero-order chi connectivity index (χ0) is 10.0. The Bertz CT molecular complexity index is 368. The molecule has 0 fully saturated rings. The number of carbonyl (C=O) groups excluding carboxylic acids is 1. The predicted molar refractivity (Wildman–Crippen MR) is 52.6 cm³/mol. The van der Waals surface area contributed by atoms with Crippen LogP contribution in [0, 0.1) is 0 Å². The second-order valence-electron chi connectivity index (χ2n) is 2.43. The van der Waals surface area contributed by atoms with E-state index in [0.717, 1.165) is 16.0 Å². The minimum absolute atomic E-state index is 0.344. The lowest BCUT2D eigenvalue weighted by molar-refractivity contribution is 0.215. The molecule has 1 heterocycles. The van der Waals surface area contributed by atoms with Gasteiger partial charge in [-0.1, -0.05) is 11.8 Å². The summed E-state index contributed by atoms with van der Waals surface area (Å²) in [5, 5.41) is 3.84. The van der Waals surface area contributed by atoms with Crippen molar-refractivity contribution in [3.8, 4) is 0 Å². The molecule has 0 radical (unpaired) electrons. The monoisotopic (exact) mass is 219 g/mol. The maximum Gasteiger partial charge on any atom is 0.348 e. The topological polar surface area (TPSA) is 55.2 Å². The van der Waals surface area contributed by atoms with Gasteiger partial charge in [-0.15, -0.1) is 9.78 Å². The summed E-state index contributed by atoms with van der Waals surface area (Å²) in [5.41, 5.74) is 0. The highest BCUT2D eigenvalue weighted by Gasteiger charge is 2.13. The summed E-state index contributed by atoms with van der Waals surface area (Å²) < 4.78 is 1.47. The SMILES string of the molecule is CSc1nn(C(=O)N(C)C)c(=O)s1. The smallest absolute Gasteiger partial charge is 0.329 e. The molecule has 0 aliphatic carbocycles. The van der Waals surface area contributed by atoms with Crippen molar-refractivity contribution in [3.05, 3.63) is 9.67 Å². The van der Waals surface area contributed by atoms with Crippen LogP contribution in [0.1, 0.15) is 0 Å². The average Bonchev–Trinajstić information content (AvgIpc) is 2.45. The first-order valence-electron chi connectivity index (χ1n) is 3.42. The fraction of sp³-hybridized carbons (Fsp3) is 0.500. The maximum atomic E-state index is 11.3. The van der Waals surface area contributed by atoms with E-state index in [9.17, 15) is 9.59 Å². The number of rotatable bonds is 1. The first kappa shape index (κ1) is 10.3. The summed E-state index contributed by atoms with van der Waals surface area (Å²) in [4.78, 5) is 23.5. The highest BCUT2D eigenvalue weighted by Crippen LogP contribution is 2.12. The molecule has 1 amide bonds. The summed E-state index contributed by atoms with van der Waals surface area (Å²) in [5.74, 6) is 0. The van der Waals surface area contributed by atoms with Crippen molar-refractivity contribution in [2.75, 3.05) is 20.4 Å². The molecule has 0 aliphatic rings. The van der Waals surface area contributed by atoms with Crippen molar-refractivity contribution in [2.24, 2.45) is 0 Å². The van der Waals surface area contributed by atoms with E-state index < -0.39 is 6.03 Å². The third-order valence-corrected chi connectivity index (χ3v) is 3.05. The molecule has 5 nitrogen and oxygen atoms in total. The quantitative estimate of drug-likeness (QED) is 0.647. The van der Waals surface area contributed by atoms with E-state index in [2.05, 4.69) is 5.10 Å². The molecule has 0 atom stereocenters. The van der Waals surface area contributed by atoms with Crippen molar-refractivity contribution >= 4 is 29.1 Å². The van der Waals surface area contributed by atoms with Gasteiger partial charge >= 0.3 is 10.9 Å². The van der Waals surface area contributed by atoms with Crippen molar-refractivity contribution in [3.63, 3.8) is 0 Å². The molecule has 0 N–H and O–H groups in total. The summed E-state index contributed by atoms with van der Waals surface area (Å²) in [6, 6.07) is -0.415. The summed E-state index contributed by atoms with van der Waals surface area (Å²) in [7, 11) is 3.15. The Hall–Kier alpha value is -0.820. The van der Waals surface area contributed by atoms with Crippen LogP contribution in [0.15, 0.2) is 9.13 Å². The molecule has 0 bridgehead atoms. The van der Waals surface area contributed by atoms with Gasteiger partial charge < -0.3 is 4.90 Å². The van der Waals surface area contributed by atoms with Crippen LogP contribution in [0.3, 0.4) is 0 Å². The zero-order valence-corrected chi connectivity index (χ0v) is 9.11. The van der Waals surface area contributed by atoms with E-state index in [4.69, 9.17) is 0 Å². The minimum atomic E-state index is -0.415. The third-order valence-electron chi connectivity index (χ3n) is 1.27. The standard InChI is InChI=1S/C6H9N3O2S2/c1-8(2)5(10)9-6(11)13-4(7-9)12-3/h1-3H3. The van der Waals surface area contributed by atoms with E-state index in [1.165, 1.54) is 16.7 Å². The largest absolute Gasteiger partial charge is 0.348 e. The van der Waals surface area contributed by atoms with Crippen LogP contribution in [0.25, 0.3) is 0 Å². The lowest BCUT2D eigenvalue weighted by atomic mass is 10.8. The number of hydrogen-bond acceptors (Lipinski definition) is 5. The van der Waals surface area contributed by atoms with Crippen LogP contribution in [0.5, 0.6) is 0 Å². The molecule has 7 heteroatoms. The average molecular weight is 219 g/mol. The number of carbonyl (C=O) groups is 1. The van der Waals surface area contributed by atoms with Crippen LogP contribution >= 0.6 is 23.1 Å². The van der Waals surface area contributed by atoms with E-state index in [-0.39, 0.29) is 4.87 Å². The van der Waals surface area contributed by atoms with Crippen LogP contribution < -0.4 is 4.87 Å².